The molecule has 0 aromatic rings. The summed E-state index contributed by atoms with van der Waals surface area (Å²) < 4.78 is 0. The lowest BCUT2D eigenvalue weighted by Gasteiger charge is -2.39. The van der Waals surface area contributed by atoms with Crippen LogP contribution >= 0.6 is 0 Å². The normalized spacial score (nSPS) is 21.0. The molecule has 1 amide bonds. The van der Waals surface area contributed by atoms with Crippen molar-refractivity contribution < 1.29 is 9.59 Å². The van der Waals surface area contributed by atoms with Gasteiger partial charge in [0, 0.05) is 30.1 Å². The second-order valence-corrected chi connectivity index (χ2v) is 10.2. The van der Waals surface area contributed by atoms with E-state index in [4.69, 9.17) is 0 Å². The topological polar surface area (TPSA) is 61.4 Å². The molecule has 1 heterocycles. The van der Waals surface area contributed by atoms with Gasteiger partial charge in [-0.25, -0.2) is 0 Å². The summed E-state index contributed by atoms with van der Waals surface area (Å²) in [5.41, 5.74) is 2.59. The Morgan fingerprint density at radius 2 is 1.77 bits per heavy atom. The van der Waals surface area contributed by atoms with Crippen molar-refractivity contribution in [2.75, 3.05) is 13.1 Å². The lowest BCUT2D eigenvalue weighted by molar-refractivity contribution is -0.124. The van der Waals surface area contributed by atoms with E-state index in [1.165, 1.54) is 32.1 Å². The standard InChI is InChI=1S/C25H41N3O2/c1-18(17-29)16-26-24(30)22-13-10-14-28(22)20(3)23(21-11-8-7-9-12-21)27-19(2)15-25(4,5)6/h17,21-23,27H,1-3,7-16H2,4-6H3,(H,26,30). The minimum Gasteiger partial charge on any atom is -0.380 e. The number of likely N-dealkylation sites (tertiary alicyclic amines) is 1. The predicted molar refractivity (Wildman–Crippen MR) is 124 cm³/mol. The molecule has 2 N–H and O–H groups in total. The Morgan fingerprint density at radius 3 is 2.37 bits per heavy atom. The van der Waals surface area contributed by atoms with Gasteiger partial charge in [-0.05, 0) is 43.4 Å². The maximum absolute atomic E-state index is 12.8. The largest absolute Gasteiger partial charge is 0.380 e. The van der Waals surface area contributed by atoms with E-state index in [9.17, 15) is 9.59 Å². The van der Waals surface area contributed by atoms with Crippen molar-refractivity contribution in [1.82, 2.24) is 15.5 Å². The minimum atomic E-state index is -0.235. The second kappa shape index (κ2) is 10.8. The Morgan fingerprint density at radius 1 is 1.10 bits per heavy atom. The summed E-state index contributed by atoms with van der Waals surface area (Å²) in [4.78, 5) is 25.8. The van der Waals surface area contributed by atoms with E-state index in [0.717, 1.165) is 37.2 Å². The Hall–Kier alpha value is -2.04. The van der Waals surface area contributed by atoms with Crippen molar-refractivity contribution in [3.05, 3.63) is 36.7 Å². The van der Waals surface area contributed by atoms with Gasteiger partial charge in [-0.15, -0.1) is 0 Å². The molecule has 1 aliphatic heterocycles. The van der Waals surface area contributed by atoms with Crippen LogP contribution in [0.15, 0.2) is 36.7 Å². The molecule has 0 bridgehead atoms. The Labute approximate surface area is 183 Å². The number of aldehydes is 1. The Balaban J connectivity index is 2.12. The van der Waals surface area contributed by atoms with Crippen LogP contribution in [0.1, 0.15) is 72.1 Å². The third kappa shape index (κ3) is 7.03. The summed E-state index contributed by atoms with van der Waals surface area (Å²) >= 11 is 0. The fourth-order valence-corrected chi connectivity index (χ4v) is 4.77. The first-order chi connectivity index (χ1) is 14.1. The van der Waals surface area contributed by atoms with E-state index in [-0.39, 0.29) is 30.0 Å². The molecule has 2 unspecified atom stereocenters. The van der Waals surface area contributed by atoms with Gasteiger partial charge in [0.05, 0.1) is 6.04 Å². The van der Waals surface area contributed by atoms with Gasteiger partial charge in [0.1, 0.15) is 12.3 Å². The fourth-order valence-electron chi connectivity index (χ4n) is 4.77. The van der Waals surface area contributed by atoms with Crippen LogP contribution in [0.3, 0.4) is 0 Å². The van der Waals surface area contributed by atoms with Crippen LogP contribution < -0.4 is 10.6 Å². The van der Waals surface area contributed by atoms with Crippen LogP contribution in [0.2, 0.25) is 0 Å². The van der Waals surface area contributed by atoms with Gasteiger partial charge in [0.25, 0.3) is 0 Å². The quantitative estimate of drug-likeness (QED) is 0.412. The highest BCUT2D eigenvalue weighted by atomic mass is 16.2. The van der Waals surface area contributed by atoms with Crippen LogP contribution in [0.25, 0.3) is 0 Å². The molecule has 2 atom stereocenters. The number of rotatable bonds is 10. The molecule has 5 heteroatoms. The monoisotopic (exact) mass is 415 g/mol. The average molecular weight is 416 g/mol. The second-order valence-electron chi connectivity index (χ2n) is 10.2. The lowest BCUT2D eigenvalue weighted by Crippen LogP contribution is -2.49. The first-order valence-electron chi connectivity index (χ1n) is 11.4. The molecule has 2 aliphatic rings. The highest BCUT2D eigenvalue weighted by Gasteiger charge is 2.36. The molecule has 0 spiro atoms. The first-order valence-corrected chi connectivity index (χ1v) is 11.4. The van der Waals surface area contributed by atoms with Gasteiger partial charge in [-0.3, -0.25) is 9.59 Å². The van der Waals surface area contributed by atoms with Crippen LogP contribution in [0.5, 0.6) is 0 Å². The maximum Gasteiger partial charge on any atom is 0.242 e. The van der Waals surface area contributed by atoms with E-state index in [1.807, 2.05) is 0 Å². The van der Waals surface area contributed by atoms with Gasteiger partial charge in [-0.1, -0.05) is 59.8 Å². The molecule has 1 aliphatic carbocycles. The summed E-state index contributed by atoms with van der Waals surface area (Å²) in [6.45, 7) is 20.1. The van der Waals surface area contributed by atoms with Crippen LogP contribution in [-0.2, 0) is 9.59 Å². The third-order valence-electron chi connectivity index (χ3n) is 6.16. The molecule has 2 rings (SSSR count). The van der Waals surface area contributed by atoms with E-state index < -0.39 is 0 Å². The summed E-state index contributed by atoms with van der Waals surface area (Å²) in [6.07, 6.45) is 9.53. The number of hydrogen-bond donors (Lipinski definition) is 2. The van der Waals surface area contributed by atoms with Gasteiger partial charge >= 0.3 is 0 Å². The smallest absolute Gasteiger partial charge is 0.242 e. The SMILES string of the molecule is C=C(C=O)CNC(=O)C1CCCN1C(=C)C(NC(=C)CC(C)(C)C)C1CCCCC1. The van der Waals surface area contributed by atoms with Crippen molar-refractivity contribution in [1.29, 1.82) is 0 Å². The summed E-state index contributed by atoms with van der Waals surface area (Å²) in [7, 11) is 0. The van der Waals surface area contributed by atoms with Crippen molar-refractivity contribution in [2.24, 2.45) is 11.3 Å². The van der Waals surface area contributed by atoms with Gasteiger partial charge < -0.3 is 15.5 Å². The summed E-state index contributed by atoms with van der Waals surface area (Å²) in [5.74, 6) is 0.467. The van der Waals surface area contributed by atoms with E-state index in [1.54, 1.807) is 0 Å². The first kappa shape index (κ1) is 24.2. The Kier molecular flexibility index (Phi) is 8.75. The molecular weight excluding hydrogens is 374 g/mol. The molecule has 1 saturated heterocycles. The maximum atomic E-state index is 12.8. The van der Waals surface area contributed by atoms with E-state index in [2.05, 4.69) is 56.0 Å². The summed E-state index contributed by atoms with van der Waals surface area (Å²) in [6, 6.07) is -0.126. The highest BCUT2D eigenvalue weighted by Crippen LogP contribution is 2.34. The van der Waals surface area contributed by atoms with E-state index >= 15 is 0 Å². The number of carbonyl (C=O) groups excluding carboxylic acids is 2. The highest BCUT2D eigenvalue weighted by molar-refractivity contribution is 5.84. The van der Waals surface area contributed by atoms with E-state index in [0.29, 0.717) is 17.8 Å². The summed E-state index contributed by atoms with van der Waals surface area (Å²) in [5, 5.41) is 6.57. The number of hydrogen-bond acceptors (Lipinski definition) is 4. The molecule has 5 nitrogen and oxygen atoms in total. The third-order valence-corrected chi connectivity index (χ3v) is 6.16. The molecular formula is C25H41N3O2. The number of nitrogens with one attached hydrogen (secondary N) is 2. The van der Waals surface area contributed by atoms with Crippen LogP contribution in [0.4, 0.5) is 0 Å². The molecule has 0 radical (unpaired) electrons. The van der Waals surface area contributed by atoms with Crippen molar-refractivity contribution in [3.8, 4) is 0 Å². The zero-order valence-corrected chi connectivity index (χ0v) is 19.3. The predicted octanol–water partition coefficient (Wildman–Crippen LogP) is 4.32. The molecule has 0 aromatic carbocycles. The van der Waals surface area contributed by atoms with Gasteiger partial charge in [-0.2, -0.15) is 0 Å². The Bertz CT molecular complexity index is 656. The number of nitrogens with zero attached hydrogens (tertiary/aromatic N) is 1. The zero-order valence-electron chi connectivity index (χ0n) is 19.3. The fraction of sp³-hybridized carbons (Fsp3) is 0.680. The molecule has 1 saturated carbocycles. The molecule has 168 valence electrons. The van der Waals surface area contributed by atoms with Gasteiger partial charge in [0.15, 0.2) is 0 Å². The average Bonchev–Trinajstić information content (AvgIpc) is 3.18. The van der Waals surface area contributed by atoms with Crippen molar-refractivity contribution in [2.45, 2.75) is 84.2 Å². The number of amides is 1. The van der Waals surface area contributed by atoms with Crippen molar-refractivity contribution in [3.63, 3.8) is 0 Å². The molecule has 2 fully saturated rings. The minimum absolute atomic E-state index is 0.0486. The van der Waals surface area contributed by atoms with Crippen LogP contribution in [0, 0.1) is 11.3 Å². The van der Waals surface area contributed by atoms with Gasteiger partial charge in [0.2, 0.25) is 5.91 Å². The number of carbonyl (C=O) groups is 2. The van der Waals surface area contributed by atoms with Crippen LogP contribution in [-0.4, -0.2) is 42.3 Å². The van der Waals surface area contributed by atoms with Crippen molar-refractivity contribution >= 4 is 12.2 Å². The zero-order chi connectivity index (χ0) is 22.3. The molecule has 30 heavy (non-hydrogen) atoms. The molecule has 0 aromatic heterocycles. The lowest BCUT2D eigenvalue weighted by atomic mass is 9.81. The number of allylic oxidation sites excluding steroid dienone is 1.